The molecule has 8 heteroatoms. The van der Waals surface area contributed by atoms with Crippen molar-refractivity contribution >= 4 is 17.4 Å². The molecule has 0 spiro atoms. The standard InChI is InChI=1S/C11H12N4O3S/c1-11(2,3)9-13-14-10(18-9)19-8-5-4-7(6-12-8)15(16)17/h4-6H,1-3H3. The maximum atomic E-state index is 10.5. The summed E-state index contributed by atoms with van der Waals surface area (Å²) in [5, 5.41) is 19.3. The van der Waals surface area contributed by atoms with E-state index in [0.29, 0.717) is 16.1 Å². The van der Waals surface area contributed by atoms with Crippen molar-refractivity contribution in [1.82, 2.24) is 15.2 Å². The first-order valence-electron chi connectivity index (χ1n) is 5.48. The highest BCUT2D eigenvalue weighted by atomic mass is 32.2. The molecule has 7 nitrogen and oxygen atoms in total. The van der Waals surface area contributed by atoms with Gasteiger partial charge in [0.25, 0.3) is 10.9 Å². The van der Waals surface area contributed by atoms with Gasteiger partial charge in [-0.3, -0.25) is 10.1 Å². The SMILES string of the molecule is CC(C)(C)c1nnc(Sc2ccc([N+](=O)[O-])cn2)o1. The van der Waals surface area contributed by atoms with Gasteiger partial charge in [0.15, 0.2) is 0 Å². The molecule has 2 aromatic heterocycles. The summed E-state index contributed by atoms with van der Waals surface area (Å²) in [7, 11) is 0. The van der Waals surface area contributed by atoms with Gasteiger partial charge in [0.05, 0.1) is 4.92 Å². The van der Waals surface area contributed by atoms with E-state index in [-0.39, 0.29) is 11.1 Å². The molecule has 0 aliphatic heterocycles. The highest BCUT2D eigenvalue weighted by molar-refractivity contribution is 7.99. The Kier molecular flexibility index (Phi) is 3.52. The second kappa shape index (κ2) is 4.96. The lowest BCUT2D eigenvalue weighted by molar-refractivity contribution is -0.385. The zero-order valence-electron chi connectivity index (χ0n) is 10.7. The van der Waals surface area contributed by atoms with Gasteiger partial charge in [0, 0.05) is 11.5 Å². The van der Waals surface area contributed by atoms with Gasteiger partial charge in [-0.05, 0) is 17.8 Å². The first-order valence-corrected chi connectivity index (χ1v) is 6.30. The van der Waals surface area contributed by atoms with Crippen LogP contribution in [0, 0.1) is 10.1 Å². The van der Waals surface area contributed by atoms with Crippen LogP contribution in [0.25, 0.3) is 0 Å². The topological polar surface area (TPSA) is 95.0 Å². The van der Waals surface area contributed by atoms with Gasteiger partial charge >= 0.3 is 0 Å². The van der Waals surface area contributed by atoms with Crippen molar-refractivity contribution in [3.05, 3.63) is 34.3 Å². The molecule has 0 bridgehead atoms. The van der Waals surface area contributed by atoms with E-state index < -0.39 is 4.92 Å². The molecule has 0 aliphatic rings. The summed E-state index contributed by atoms with van der Waals surface area (Å²) in [5.74, 6) is 0.539. The van der Waals surface area contributed by atoms with E-state index in [0.717, 1.165) is 0 Å². The van der Waals surface area contributed by atoms with Gasteiger partial charge in [-0.1, -0.05) is 20.8 Å². The molecule has 0 saturated heterocycles. The predicted octanol–water partition coefficient (Wildman–Crippen LogP) is 2.82. The summed E-state index contributed by atoms with van der Waals surface area (Å²) in [6, 6.07) is 2.93. The minimum atomic E-state index is -0.494. The maximum absolute atomic E-state index is 10.5. The number of nitrogens with zero attached hydrogens (tertiary/aromatic N) is 4. The van der Waals surface area contributed by atoms with Crippen LogP contribution in [-0.2, 0) is 5.41 Å². The molecule has 0 fully saturated rings. The van der Waals surface area contributed by atoms with Crippen molar-refractivity contribution in [2.45, 2.75) is 36.4 Å². The van der Waals surface area contributed by atoms with Crippen molar-refractivity contribution in [2.24, 2.45) is 0 Å². The second-order valence-corrected chi connectivity index (χ2v) is 5.81. The van der Waals surface area contributed by atoms with Crippen LogP contribution < -0.4 is 0 Å². The van der Waals surface area contributed by atoms with Gasteiger partial charge in [-0.25, -0.2) is 4.98 Å². The third-order valence-corrected chi connectivity index (χ3v) is 2.96. The van der Waals surface area contributed by atoms with Crippen LogP contribution in [-0.4, -0.2) is 20.1 Å². The fourth-order valence-electron chi connectivity index (χ4n) is 1.18. The molecule has 0 atom stereocenters. The average Bonchev–Trinajstić information content (AvgIpc) is 2.78. The number of hydrogen-bond acceptors (Lipinski definition) is 7. The molecular weight excluding hydrogens is 268 g/mol. The lowest BCUT2D eigenvalue weighted by Gasteiger charge is -2.10. The summed E-state index contributed by atoms with van der Waals surface area (Å²) in [5.41, 5.74) is -0.264. The van der Waals surface area contributed by atoms with Crippen LogP contribution in [0.2, 0.25) is 0 Å². The molecule has 19 heavy (non-hydrogen) atoms. The molecule has 0 aromatic carbocycles. The van der Waals surface area contributed by atoms with Crippen molar-refractivity contribution in [3.8, 4) is 0 Å². The number of rotatable bonds is 3. The van der Waals surface area contributed by atoms with Crippen molar-refractivity contribution in [3.63, 3.8) is 0 Å². The zero-order valence-corrected chi connectivity index (χ0v) is 11.5. The smallest absolute Gasteiger partial charge is 0.287 e. The summed E-state index contributed by atoms with van der Waals surface area (Å²) in [6.07, 6.45) is 1.20. The highest BCUT2D eigenvalue weighted by Gasteiger charge is 2.22. The van der Waals surface area contributed by atoms with Crippen LogP contribution in [0.5, 0.6) is 0 Å². The van der Waals surface area contributed by atoms with E-state index in [4.69, 9.17) is 4.42 Å². The van der Waals surface area contributed by atoms with Crippen molar-refractivity contribution in [1.29, 1.82) is 0 Å². The van der Waals surface area contributed by atoms with Crippen molar-refractivity contribution < 1.29 is 9.34 Å². The molecule has 100 valence electrons. The summed E-state index contributed by atoms with van der Waals surface area (Å²) >= 11 is 1.17. The predicted molar refractivity (Wildman–Crippen MR) is 68.0 cm³/mol. The second-order valence-electron chi connectivity index (χ2n) is 4.84. The molecule has 0 aliphatic carbocycles. The number of hydrogen-bond donors (Lipinski definition) is 0. The zero-order chi connectivity index (χ0) is 14.0. The molecule has 0 amide bonds. The quantitative estimate of drug-likeness (QED) is 0.630. The Morgan fingerprint density at radius 2 is 2.05 bits per heavy atom. The third kappa shape index (κ3) is 3.28. The minimum Gasteiger partial charge on any atom is -0.415 e. The number of aromatic nitrogens is 3. The fraction of sp³-hybridized carbons (Fsp3) is 0.364. The van der Waals surface area contributed by atoms with Gasteiger partial charge in [0.1, 0.15) is 11.2 Å². The van der Waals surface area contributed by atoms with E-state index >= 15 is 0 Å². The largest absolute Gasteiger partial charge is 0.415 e. The Hall–Kier alpha value is -1.96. The first kappa shape index (κ1) is 13.5. The van der Waals surface area contributed by atoms with Crippen LogP contribution in [0.3, 0.4) is 0 Å². The molecule has 0 N–H and O–H groups in total. The Labute approximate surface area is 113 Å². The van der Waals surface area contributed by atoms with Crippen LogP contribution in [0.1, 0.15) is 26.7 Å². The fourth-order valence-corrected chi connectivity index (χ4v) is 1.81. The normalized spacial score (nSPS) is 11.5. The van der Waals surface area contributed by atoms with Crippen molar-refractivity contribution in [2.75, 3.05) is 0 Å². The minimum absolute atomic E-state index is 0.0507. The Morgan fingerprint density at radius 1 is 1.32 bits per heavy atom. The van der Waals surface area contributed by atoms with Crippen LogP contribution >= 0.6 is 11.8 Å². The first-order chi connectivity index (χ1) is 8.86. The molecule has 0 unspecified atom stereocenters. The summed E-state index contributed by atoms with van der Waals surface area (Å²) in [6.45, 7) is 5.91. The van der Waals surface area contributed by atoms with E-state index in [1.54, 1.807) is 6.07 Å². The Bertz CT molecular complexity index is 589. The van der Waals surface area contributed by atoms with Gasteiger partial charge in [-0.15, -0.1) is 10.2 Å². The summed E-state index contributed by atoms with van der Waals surface area (Å²) in [4.78, 5) is 14.0. The highest BCUT2D eigenvalue weighted by Crippen LogP contribution is 2.29. The number of pyridine rings is 1. The maximum Gasteiger partial charge on any atom is 0.287 e. The van der Waals surface area contributed by atoms with Gasteiger partial charge in [0.2, 0.25) is 5.89 Å². The molecule has 2 aromatic rings. The third-order valence-electron chi connectivity index (χ3n) is 2.17. The van der Waals surface area contributed by atoms with E-state index in [9.17, 15) is 10.1 Å². The van der Waals surface area contributed by atoms with Crippen LogP contribution in [0.4, 0.5) is 5.69 Å². The van der Waals surface area contributed by atoms with E-state index in [1.807, 2.05) is 20.8 Å². The van der Waals surface area contributed by atoms with Gasteiger partial charge < -0.3 is 4.42 Å². The monoisotopic (exact) mass is 280 g/mol. The summed E-state index contributed by atoms with van der Waals surface area (Å²) < 4.78 is 5.50. The van der Waals surface area contributed by atoms with E-state index in [2.05, 4.69) is 15.2 Å². The molecule has 2 heterocycles. The lowest BCUT2D eigenvalue weighted by Crippen LogP contribution is -2.11. The molecular formula is C11H12N4O3S. The molecule has 0 saturated carbocycles. The lowest BCUT2D eigenvalue weighted by atomic mass is 9.97. The number of nitro groups is 1. The Morgan fingerprint density at radius 3 is 2.53 bits per heavy atom. The average molecular weight is 280 g/mol. The van der Waals surface area contributed by atoms with Crippen LogP contribution in [0.15, 0.2) is 33.0 Å². The van der Waals surface area contributed by atoms with Gasteiger partial charge in [-0.2, -0.15) is 0 Å². The Balaban J connectivity index is 2.13. The molecule has 0 radical (unpaired) electrons. The van der Waals surface area contributed by atoms with E-state index in [1.165, 1.54) is 24.0 Å². The molecule has 2 rings (SSSR count).